The molecule has 1 aromatic heterocycles. The molecule has 1 N–H and O–H groups in total. The number of aromatic nitrogens is 1. The van der Waals surface area contributed by atoms with Gasteiger partial charge in [-0.2, -0.15) is 0 Å². The number of nitrogens with zero attached hydrogens (tertiary/aromatic N) is 1. The quantitative estimate of drug-likeness (QED) is 0.941. The van der Waals surface area contributed by atoms with Crippen LogP contribution >= 0.6 is 0 Å². The zero-order valence-corrected chi connectivity index (χ0v) is 11.9. The second-order valence-corrected chi connectivity index (χ2v) is 5.58. The Morgan fingerprint density at radius 3 is 2.76 bits per heavy atom. The van der Waals surface area contributed by atoms with E-state index in [9.17, 15) is 9.59 Å². The third kappa shape index (κ3) is 2.61. The lowest BCUT2D eigenvalue weighted by atomic mass is 10.1. The number of fused-ring (bicyclic) bond motifs is 1. The van der Waals surface area contributed by atoms with Crippen molar-refractivity contribution in [2.45, 2.75) is 32.7 Å². The maximum atomic E-state index is 11.6. The van der Waals surface area contributed by atoms with Crippen LogP contribution in [0.15, 0.2) is 35.3 Å². The predicted molar refractivity (Wildman–Crippen MR) is 80.0 cm³/mol. The van der Waals surface area contributed by atoms with Gasteiger partial charge in [0.1, 0.15) is 5.56 Å². The molecule has 4 heteroatoms. The first-order chi connectivity index (χ1) is 10.0. The third-order valence-electron chi connectivity index (χ3n) is 4.09. The lowest BCUT2D eigenvalue weighted by Crippen LogP contribution is -2.19. The number of pyridine rings is 1. The zero-order chi connectivity index (χ0) is 15.0. The van der Waals surface area contributed by atoms with Gasteiger partial charge in [0.05, 0.1) is 0 Å². The number of carboxylic acids is 1. The summed E-state index contributed by atoms with van der Waals surface area (Å²) >= 11 is 0. The Morgan fingerprint density at radius 2 is 2.00 bits per heavy atom. The van der Waals surface area contributed by atoms with Gasteiger partial charge in [-0.25, -0.2) is 4.79 Å². The normalized spacial score (nSPS) is 13.2. The molecular weight excluding hydrogens is 266 g/mol. The Balaban J connectivity index is 1.96. The maximum Gasteiger partial charge on any atom is 0.341 e. The molecule has 0 bridgehead atoms. The number of aromatic carboxylic acids is 1. The van der Waals surface area contributed by atoms with Gasteiger partial charge < -0.3 is 9.67 Å². The van der Waals surface area contributed by atoms with Crippen molar-refractivity contribution in [2.75, 3.05) is 0 Å². The first-order valence-corrected chi connectivity index (χ1v) is 7.09. The van der Waals surface area contributed by atoms with Gasteiger partial charge >= 0.3 is 5.97 Å². The first-order valence-electron chi connectivity index (χ1n) is 7.09. The molecule has 4 nitrogen and oxygen atoms in total. The highest BCUT2D eigenvalue weighted by Gasteiger charge is 2.13. The van der Waals surface area contributed by atoms with Gasteiger partial charge in [0, 0.05) is 24.5 Å². The molecule has 1 aliphatic carbocycles. The van der Waals surface area contributed by atoms with Crippen LogP contribution in [0.2, 0.25) is 0 Å². The van der Waals surface area contributed by atoms with E-state index in [0.717, 1.165) is 24.1 Å². The van der Waals surface area contributed by atoms with E-state index in [4.69, 9.17) is 5.11 Å². The smallest absolute Gasteiger partial charge is 0.341 e. The summed E-state index contributed by atoms with van der Waals surface area (Å²) in [6.07, 6.45) is 4.91. The Morgan fingerprint density at radius 1 is 1.24 bits per heavy atom. The van der Waals surface area contributed by atoms with Crippen LogP contribution in [0.4, 0.5) is 0 Å². The fraction of sp³-hybridized carbons (Fsp3) is 0.294. The van der Waals surface area contributed by atoms with E-state index in [1.54, 1.807) is 0 Å². The molecular formula is C17H17NO3. The van der Waals surface area contributed by atoms with Crippen LogP contribution in [0.3, 0.4) is 0 Å². The van der Waals surface area contributed by atoms with Crippen molar-refractivity contribution in [3.63, 3.8) is 0 Å². The fourth-order valence-corrected chi connectivity index (χ4v) is 2.92. The van der Waals surface area contributed by atoms with Crippen LogP contribution in [0.5, 0.6) is 0 Å². The largest absolute Gasteiger partial charge is 0.477 e. The minimum absolute atomic E-state index is 0.179. The summed E-state index contributed by atoms with van der Waals surface area (Å²) < 4.78 is 1.82. The molecule has 0 unspecified atom stereocenters. The summed E-state index contributed by atoms with van der Waals surface area (Å²) in [5.41, 5.74) is 4.10. The summed E-state index contributed by atoms with van der Waals surface area (Å²) in [7, 11) is 0. The number of carbonyl (C=O) groups is 1. The lowest BCUT2D eigenvalue weighted by Gasteiger charge is -2.12. The van der Waals surface area contributed by atoms with Gasteiger partial charge in [0.15, 0.2) is 5.43 Å². The summed E-state index contributed by atoms with van der Waals surface area (Å²) in [5, 5.41) is 9.06. The number of hydrogen-bond acceptors (Lipinski definition) is 2. The van der Waals surface area contributed by atoms with E-state index in [-0.39, 0.29) is 5.56 Å². The highest BCUT2D eigenvalue weighted by molar-refractivity contribution is 5.87. The van der Waals surface area contributed by atoms with Gasteiger partial charge in [-0.05, 0) is 42.9 Å². The Kier molecular flexibility index (Phi) is 3.37. The predicted octanol–water partition coefficient (Wildman–Crippen LogP) is 2.39. The van der Waals surface area contributed by atoms with Crippen molar-refractivity contribution < 1.29 is 9.90 Å². The number of aryl methyl sites for hydroxylation is 3. The highest BCUT2D eigenvalue weighted by Crippen LogP contribution is 2.23. The number of carboxylic acid groups (broad SMARTS) is 1. The highest BCUT2D eigenvalue weighted by atomic mass is 16.4. The summed E-state index contributed by atoms with van der Waals surface area (Å²) in [4.78, 5) is 22.7. The van der Waals surface area contributed by atoms with E-state index < -0.39 is 11.4 Å². The van der Waals surface area contributed by atoms with Gasteiger partial charge in [-0.3, -0.25) is 4.79 Å². The molecule has 108 valence electrons. The van der Waals surface area contributed by atoms with Crippen molar-refractivity contribution in [2.24, 2.45) is 0 Å². The van der Waals surface area contributed by atoms with Crippen LogP contribution in [-0.4, -0.2) is 15.6 Å². The fourth-order valence-electron chi connectivity index (χ4n) is 2.92. The summed E-state index contributed by atoms with van der Waals surface area (Å²) in [6.45, 7) is 2.40. The molecule has 1 heterocycles. The van der Waals surface area contributed by atoms with Crippen molar-refractivity contribution in [1.29, 1.82) is 0 Å². The molecule has 2 aromatic rings. The van der Waals surface area contributed by atoms with Crippen LogP contribution < -0.4 is 5.43 Å². The average Bonchev–Trinajstić information content (AvgIpc) is 2.88. The maximum absolute atomic E-state index is 11.6. The first kappa shape index (κ1) is 13.6. The molecule has 0 amide bonds. The van der Waals surface area contributed by atoms with E-state index in [1.807, 2.05) is 11.5 Å². The van der Waals surface area contributed by atoms with Crippen molar-refractivity contribution >= 4 is 5.97 Å². The van der Waals surface area contributed by atoms with Gasteiger partial charge in [0.2, 0.25) is 0 Å². The molecule has 3 rings (SSSR count). The standard InChI is InChI=1S/C17H17NO3/c1-11-7-16(19)15(17(20)21)10-18(11)9-12-5-6-13-3-2-4-14(13)8-12/h5-8,10H,2-4,9H2,1H3,(H,20,21). The number of rotatable bonds is 3. The molecule has 0 atom stereocenters. The molecule has 0 aliphatic heterocycles. The molecule has 0 spiro atoms. The average molecular weight is 283 g/mol. The number of hydrogen-bond donors (Lipinski definition) is 1. The van der Waals surface area contributed by atoms with E-state index >= 15 is 0 Å². The topological polar surface area (TPSA) is 59.3 Å². The lowest BCUT2D eigenvalue weighted by molar-refractivity contribution is 0.0694. The van der Waals surface area contributed by atoms with E-state index in [1.165, 1.54) is 29.8 Å². The summed E-state index contributed by atoms with van der Waals surface area (Å²) in [5.74, 6) is -1.18. The van der Waals surface area contributed by atoms with Crippen molar-refractivity contribution in [3.8, 4) is 0 Å². The second kappa shape index (κ2) is 5.20. The van der Waals surface area contributed by atoms with Crippen molar-refractivity contribution in [3.05, 3.63) is 68.6 Å². The minimum Gasteiger partial charge on any atom is -0.477 e. The zero-order valence-electron chi connectivity index (χ0n) is 11.9. The van der Waals surface area contributed by atoms with Gasteiger partial charge in [-0.1, -0.05) is 18.2 Å². The summed E-state index contributed by atoms with van der Waals surface area (Å²) in [6, 6.07) is 7.83. The van der Waals surface area contributed by atoms with Crippen LogP contribution in [0, 0.1) is 6.92 Å². The molecule has 0 saturated heterocycles. The van der Waals surface area contributed by atoms with Gasteiger partial charge in [-0.15, -0.1) is 0 Å². The van der Waals surface area contributed by atoms with Crippen LogP contribution in [0.25, 0.3) is 0 Å². The molecule has 1 aromatic carbocycles. The van der Waals surface area contributed by atoms with Crippen LogP contribution in [-0.2, 0) is 19.4 Å². The van der Waals surface area contributed by atoms with Crippen molar-refractivity contribution in [1.82, 2.24) is 4.57 Å². The van der Waals surface area contributed by atoms with Gasteiger partial charge in [0.25, 0.3) is 0 Å². The Bertz CT molecular complexity index is 774. The molecule has 0 fully saturated rings. The Hall–Kier alpha value is -2.36. The number of benzene rings is 1. The molecule has 1 aliphatic rings. The van der Waals surface area contributed by atoms with E-state index in [0.29, 0.717) is 6.54 Å². The minimum atomic E-state index is -1.18. The Labute approximate surface area is 122 Å². The molecule has 0 radical (unpaired) electrons. The SMILES string of the molecule is Cc1cc(=O)c(C(=O)O)cn1Cc1ccc2c(c1)CCC2. The monoisotopic (exact) mass is 283 g/mol. The van der Waals surface area contributed by atoms with Crippen LogP contribution in [0.1, 0.15) is 39.2 Å². The van der Waals surface area contributed by atoms with E-state index in [2.05, 4.69) is 18.2 Å². The third-order valence-corrected chi connectivity index (χ3v) is 4.09. The second-order valence-electron chi connectivity index (χ2n) is 5.58. The molecule has 21 heavy (non-hydrogen) atoms. The molecule has 0 saturated carbocycles.